The van der Waals surface area contributed by atoms with Gasteiger partial charge in [0.2, 0.25) is 0 Å². The SMILES string of the molecule is C=C1NC(C)=C(C(=O)OC(C)C)C(c2ccc(F)cc2)C1C(=O)OC(C)C. The van der Waals surface area contributed by atoms with Gasteiger partial charge in [-0.1, -0.05) is 18.7 Å². The molecular weight excluding hydrogens is 349 g/mol. The summed E-state index contributed by atoms with van der Waals surface area (Å²) >= 11 is 0. The molecule has 6 heteroatoms. The topological polar surface area (TPSA) is 64.6 Å². The first-order valence-corrected chi connectivity index (χ1v) is 8.95. The van der Waals surface area contributed by atoms with Crippen molar-refractivity contribution in [1.29, 1.82) is 0 Å². The Morgan fingerprint density at radius 1 is 1.07 bits per heavy atom. The second-order valence-electron chi connectivity index (χ2n) is 7.14. The lowest BCUT2D eigenvalue weighted by atomic mass is 9.75. The predicted molar refractivity (Wildman–Crippen MR) is 100 cm³/mol. The molecule has 0 saturated heterocycles. The first-order chi connectivity index (χ1) is 12.6. The normalized spacial score (nSPS) is 19.9. The van der Waals surface area contributed by atoms with Gasteiger partial charge in [0.05, 0.1) is 17.8 Å². The third kappa shape index (κ3) is 4.76. The number of ether oxygens (including phenoxy) is 2. The van der Waals surface area contributed by atoms with Crippen LogP contribution >= 0.6 is 0 Å². The molecule has 0 fully saturated rings. The highest BCUT2D eigenvalue weighted by molar-refractivity contribution is 5.94. The lowest BCUT2D eigenvalue weighted by Gasteiger charge is -2.35. The Morgan fingerprint density at radius 3 is 2.15 bits per heavy atom. The van der Waals surface area contributed by atoms with Gasteiger partial charge in [-0.05, 0) is 52.3 Å². The van der Waals surface area contributed by atoms with Crippen LogP contribution in [0.2, 0.25) is 0 Å². The van der Waals surface area contributed by atoms with Crippen LogP contribution in [0.3, 0.4) is 0 Å². The van der Waals surface area contributed by atoms with Gasteiger partial charge >= 0.3 is 11.9 Å². The summed E-state index contributed by atoms with van der Waals surface area (Å²) in [5.41, 5.74) is 1.90. The summed E-state index contributed by atoms with van der Waals surface area (Å²) in [6, 6.07) is 5.71. The van der Waals surface area contributed by atoms with Gasteiger partial charge in [0.25, 0.3) is 0 Å². The summed E-state index contributed by atoms with van der Waals surface area (Å²) < 4.78 is 24.2. The van der Waals surface area contributed by atoms with E-state index in [9.17, 15) is 14.0 Å². The largest absolute Gasteiger partial charge is 0.462 e. The lowest BCUT2D eigenvalue weighted by Crippen LogP contribution is -2.40. The van der Waals surface area contributed by atoms with E-state index >= 15 is 0 Å². The maximum Gasteiger partial charge on any atom is 0.336 e. The van der Waals surface area contributed by atoms with Crippen LogP contribution in [-0.4, -0.2) is 24.1 Å². The zero-order chi connectivity index (χ0) is 20.3. The van der Waals surface area contributed by atoms with Crippen molar-refractivity contribution >= 4 is 11.9 Å². The van der Waals surface area contributed by atoms with Crippen molar-refractivity contribution in [3.05, 3.63) is 59.2 Å². The number of hydrogen-bond acceptors (Lipinski definition) is 5. The fourth-order valence-corrected chi connectivity index (χ4v) is 3.16. The number of allylic oxidation sites excluding steroid dienone is 1. The first kappa shape index (κ1) is 20.7. The van der Waals surface area contributed by atoms with Crippen molar-refractivity contribution in [3.63, 3.8) is 0 Å². The Balaban J connectivity index is 2.58. The number of carbonyl (C=O) groups excluding carboxylic acids is 2. The Labute approximate surface area is 159 Å². The van der Waals surface area contributed by atoms with E-state index in [1.807, 2.05) is 0 Å². The zero-order valence-electron chi connectivity index (χ0n) is 16.3. The van der Waals surface area contributed by atoms with Crippen LogP contribution in [0.1, 0.15) is 46.1 Å². The average Bonchev–Trinajstić information content (AvgIpc) is 2.53. The molecule has 2 rings (SSSR count). The van der Waals surface area contributed by atoms with Gasteiger partial charge in [-0.3, -0.25) is 4.79 Å². The second-order valence-corrected chi connectivity index (χ2v) is 7.14. The van der Waals surface area contributed by atoms with Crippen molar-refractivity contribution in [1.82, 2.24) is 5.32 Å². The van der Waals surface area contributed by atoms with Crippen LogP contribution in [0, 0.1) is 11.7 Å². The van der Waals surface area contributed by atoms with E-state index in [-0.39, 0.29) is 12.2 Å². The van der Waals surface area contributed by atoms with Gasteiger partial charge in [-0.15, -0.1) is 0 Å². The van der Waals surface area contributed by atoms with E-state index in [0.717, 1.165) is 0 Å². The Morgan fingerprint density at radius 2 is 1.63 bits per heavy atom. The van der Waals surface area contributed by atoms with Gasteiger partial charge in [0.15, 0.2) is 0 Å². The highest BCUT2D eigenvalue weighted by Gasteiger charge is 2.43. The molecule has 5 nitrogen and oxygen atoms in total. The third-order valence-electron chi connectivity index (χ3n) is 4.17. The van der Waals surface area contributed by atoms with E-state index < -0.39 is 29.6 Å². The molecule has 0 aliphatic carbocycles. The van der Waals surface area contributed by atoms with Crippen LogP contribution < -0.4 is 5.32 Å². The van der Waals surface area contributed by atoms with Crippen molar-refractivity contribution < 1.29 is 23.5 Å². The van der Waals surface area contributed by atoms with Crippen LogP contribution in [0.5, 0.6) is 0 Å². The summed E-state index contributed by atoms with van der Waals surface area (Å²) in [4.78, 5) is 25.6. The molecule has 0 bridgehead atoms. The molecule has 1 aromatic carbocycles. The van der Waals surface area contributed by atoms with Crippen LogP contribution in [0.15, 0.2) is 47.8 Å². The number of carbonyl (C=O) groups is 2. The molecule has 2 unspecified atom stereocenters. The molecule has 146 valence electrons. The fourth-order valence-electron chi connectivity index (χ4n) is 3.16. The molecule has 2 atom stereocenters. The minimum Gasteiger partial charge on any atom is -0.462 e. The summed E-state index contributed by atoms with van der Waals surface area (Å²) in [5.74, 6) is -2.95. The molecule has 0 amide bonds. The lowest BCUT2D eigenvalue weighted by molar-refractivity contribution is -0.152. The molecule has 1 aromatic rings. The van der Waals surface area contributed by atoms with Crippen molar-refractivity contribution in [2.24, 2.45) is 5.92 Å². The maximum atomic E-state index is 13.4. The zero-order valence-corrected chi connectivity index (χ0v) is 16.3. The summed E-state index contributed by atoms with van der Waals surface area (Å²) in [6.45, 7) is 12.7. The Bertz CT molecular complexity index is 765. The molecule has 1 heterocycles. The molecule has 1 N–H and O–H groups in total. The van der Waals surface area contributed by atoms with Gasteiger partial charge in [-0.2, -0.15) is 0 Å². The molecule has 1 aliphatic rings. The molecule has 0 saturated carbocycles. The van der Waals surface area contributed by atoms with Crippen molar-refractivity contribution in [2.45, 2.75) is 52.7 Å². The van der Waals surface area contributed by atoms with E-state index in [4.69, 9.17) is 9.47 Å². The minimum atomic E-state index is -0.837. The van der Waals surface area contributed by atoms with Crippen LogP contribution in [0.25, 0.3) is 0 Å². The van der Waals surface area contributed by atoms with Gasteiger partial charge in [-0.25, -0.2) is 9.18 Å². The Hall–Kier alpha value is -2.63. The number of hydrogen-bond donors (Lipinski definition) is 1. The highest BCUT2D eigenvalue weighted by atomic mass is 19.1. The summed E-state index contributed by atoms with van der Waals surface area (Å²) in [6.07, 6.45) is -0.643. The predicted octanol–water partition coefficient (Wildman–Crippen LogP) is 3.82. The molecule has 0 spiro atoms. The monoisotopic (exact) mass is 375 g/mol. The van der Waals surface area contributed by atoms with Gasteiger partial charge in [0, 0.05) is 17.3 Å². The summed E-state index contributed by atoms with van der Waals surface area (Å²) in [7, 11) is 0. The third-order valence-corrected chi connectivity index (χ3v) is 4.17. The number of halogens is 1. The second kappa shape index (κ2) is 8.37. The average molecular weight is 375 g/mol. The summed E-state index contributed by atoms with van der Waals surface area (Å²) in [5, 5.41) is 3.01. The quantitative estimate of drug-likeness (QED) is 0.793. The smallest absolute Gasteiger partial charge is 0.336 e. The van der Waals surface area contributed by atoms with Crippen molar-refractivity contribution in [2.75, 3.05) is 0 Å². The van der Waals surface area contributed by atoms with Crippen molar-refractivity contribution in [3.8, 4) is 0 Å². The number of rotatable bonds is 5. The molecule has 0 radical (unpaired) electrons. The highest BCUT2D eigenvalue weighted by Crippen LogP contribution is 2.41. The minimum absolute atomic E-state index is 0.313. The van der Waals surface area contributed by atoms with Gasteiger partial charge in [0.1, 0.15) is 11.7 Å². The van der Waals surface area contributed by atoms with Crippen LogP contribution in [0.4, 0.5) is 4.39 Å². The van der Waals surface area contributed by atoms with Crippen LogP contribution in [-0.2, 0) is 19.1 Å². The van der Waals surface area contributed by atoms with Gasteiger partial charge < -0.3 is 14.8 Å². The maximum absolute atomic E-state index is 13.4. The standard InChI is InChI=1S/C21H26FNO4/c1-11(2)26-20(24)17-13(5)23-14(6)18(21(25)27-12(3)4)19(17)15-7-9-16(22)10-8-15/h7-12,17,19,23H,5H2,1-4,6H3. The fraction of sp³-hybridized carbons (Fsp3) is 0.429. The number of benzene rings is 1. The van der Waals surface area contributed by atoms with E-state index in [1.54, 1.807) is 46.8 Å². The Kier molecular flexibility index (Phi) is 6.41. The van der Waals surface area contributed by atoms with E-state index in [2.05, 4.69) is 11.9 Å². The van der Waals surface area contributed by atoms with E-state index in [1.165, 1.54) is 12.1 Å². The first-order valence-electron chi connectivity index (χ1n) is 8.95. The number of esters is 2. The molecule has 27 heavy (non-hydrogen) atoms. The number of nitrogens with one attached hydrogen (secondary N) is 1. The molecule has 0 aromatic heterocycles. The van der Waals surface area contributed by atoms with E-state index in [0.29, 0.717) is 22.5 Å². The molecule has 1 aliphatic heterocycles. The molecular formula is C21H26FNO4.